The molecule has 0 radical (unpaired) electrons. The summed E-state index contributed by atoms with van der Waals surface area (Å²) in [6.07, 6.45) is -3.94. The van der Waals surface area contributed by atoms with Crippen molar-refractivity contribution in [2.45, 2.75) is 141 Å². The number of ketones is 2. The zero-order chi connectivity index (χ0) is 53.1. The first kappa shape index (κ1) is 55.3. The lowest BCUT2D eigenvalue weighted by Gasteiger charge is -2.43. The lowest BCUT2D eigenvalue weighted by atomic mass is 9.86. The first-order valence-corrected chi connectivity index (χ1v) is 24.9. The summed E-state index contributed by atoms with van der Waals surface area (Å²) >= 11 is 0. The zero-order valence-electron chi connectivity index (χ0n) is 42.1. The van der Waals surface area contributed by atoms with Crippen LogP contribution in [0.3, 0.4) is 0 Å². The molecule has 18 nitrogen and oxygen atoms in total. The summed E-state index contributed by atoms with van der Waals surface area (Å²) in [7, 11) is 1.37. The summed E-state index contributed by atoms with van der Waals surface area (Å²) < 4.78 is 25.8. The number of halogens is 1. The molecule has 0 unspecified atom stereocenters. The topological polar surface area (TPSA) is 247 Å². The summed E-state index contributed by atoms with van der Waals surface area (Å²) in [5, 5.41) is 22.1. The van der Waals surface area contributed by atoms with Gasteiger partial charge in [-0.25, -0.2) is 14.0 Å². The summed E-state index contributed by atoms with van der Waals surface area (Å²) in [5.74, 6) is -10.1. The molecule has 394 valence electrons. The molecule has 3 fully saturated rings. The van der Waals surface area contributed by atoms with Crippen LogP contribution in [0.5, 0.6) is 0 Å². The number of aliphatic hydroxyl groups is 1. The molecule has 3 aliphatic rings. The van der Waals surface area contributed by atoms with Gasteiger partial charge in [0.2, 0.25) is 29.5 Å². The average Bonchev–Trinajstić information content (AvgIpc) is 4.21. The van der Waals surface area contributed by atoms with Crippen LogP contribution in [0.25, 0.3) is 0 Å². The van der Waals surface area contributed by atoms with Gasteiger partial charge in [0.05, 0.1) is 18.0 Å². The van der Waals surface area contributed by atoms with Crippen LogP contribution in [0.2, 0.25) is 0 Å². The van der Waals surface area contributed by atoms with Gasteiger partial charge >= 0.3 is 12.1 Å². The van der Waals surface area contributed by atoms with Gasteiger partial charge in [0.1, 0.15) is 48.9 Å². The number of benzene rings is 3. The molecular weight excluding hydrogens is 944 g/mol. The second-order valence-electron chi connectivity index (χ2n) is 19.8. The highest BCUT2D eigenvalue weighted by Gasteiger charge is 2.47. The van der Waals surface area contributed by atoms with Gasteiger partial charge in [0, 0.05) is 40.1 Å². The van der Waals surface area contributed by atoms with E-state index in [-0.39, 0.29) is 39.6 Å². The minimum atomic E-state index is -1.50. The van der Waals surface area contributed by atoms with E-state index >= 15 is 4.79 Å². The minimum Gasteiger partial charge on any atom is -0.460 e. The smallest absolute Gasteiger partial charge is 0.408 e. The molecule has 10 atom stereocenters. The standard InChI is InChI=1S/C54H67FN6O12.H2/c1-30(2)46-53(70)73-33(5)40(28-43(62)31(3)56-48(65)32(4)57-54(71)72-29-35-16-11-8-12-17-35)49(66)59-47(37-20-21-37)44(63)27-38-22-23-45(64)61(51(38)68)42(26-36-18-13-19-39(55)24-36)52(69)60(6)41(50(67)58-46)25-34-14-9-7-10-15-34;/h7-19,24,30-33,37-38,40-42,45-47,64H,20-23,25-29H2,1-6H3,(H,56,65)(H,57,71)(H,58,67)(H,59,66);1H/t31-,32-,33+,38+,40-,41-,42-,45+,46-,47-;/m0./s1. The van der Waals surface area contributed by atoms with E-state index in [4.69, 9.17) is 9.47 Å². The molecule has 1 aliphatic carbocycles. The highest BCUT2D eigenvalue weighted by atomic mass is 19.1. The number of aliphatic hydroxyl groups excluding tert-OH is 1. The monoisotopic (exact) mass is 1010 g/mol. The quantitative estimate of drug-likeness (QED) is 0.144. The first-order valence-electron chi connectivity index (χ1n) is 24.9. The SMILES string of the molecule is CC(C)[C@@H]1NC(=O)[C@H](Cc2ccccc2)N(C)C(=O)[C@H](Cc2cccc(F)c2)N2C(=O)[C@H](CC[C@H]2O)CC(=O)[C@H](C2CC2)NC(=O)[C@@H](CC(=O)[C@H](C)NC(=O)[C@H](C)NC(=O)OCc2ccccc2)[C@@H](C)OC1=O.[HH]. The van der Waals surface area contributed by atoms with Crippen molar-refractivity contribution in [3.05, 3.63) is 107 Å². The van der Waals surface area contributed by atoms with Crippen LogP contribution in [0.15, 0.2) is 84.9 Å². The van der Waals surface area contributed by atoms with Crippen LogP contribution in [-0.2, 0) is 67.3 Å². The molecular formula is C54H69FN6O12. The number of rotatable bonds is 14. The summed E-state index contributed by atoms with van der Waals surface area (Å²) in [6.45, 7) is 7.41. The Labute approximate surface area is 426 Å². The van der Waals surface area contributed by atoms with Crippen LogP contribution in [0.4, 0.5) is 9.18 Å². The maximum atomic E-state index is 15.0. The van der Waals surface area contributed by atoms with Crippen LogP contribution in [0.1, 0.15) is 91.3 Å². The Kier molecular flexibility index (Phi) is 19.0. The number of amides is 6. The number of fused-ring (bicyclic) bond motifs is 2. The normalized spacial score (nSPS) is 25.5. The van der Waals surface area contributed by atoms with Crippen molar-refractivity contribution < 1.29 is 63.5 Å². The Hall–Kier alpha value is -7.02. The van der Waals surface area contributed by atoms with E-state index < -0.39 is 138 Å². The molecule has 2 heterocycles. The molecule has 2 bridgehead atoms. The summed E-state index contributed by atoms with van der Waals surface area (Å²) in [6, 6.07) is 15.4. The fourth-order valence-corrected chi connectivity index (χ4v) is 9.24. The number of cyclic esters (lactones) is 1. The second kappa shape index (κ2) is 25.1. The van der Waals surface area contributed by atoms with Gasteiger partial charge in [-0.2, -0.15) is 0 Å². The number of nitrogens with one attached hydrogen (secondary N) is 4. The number of hydrogen-bond acceptors (Lipinski definition) is 12. The van der Waals surface area contributed by atoms with Crippen molar-refractivity contribution in [2.75, 3.05) is 7.05 Å². The van der Waals surface area contributed by atoms with Crippen molar-refractivity contribution in [3.8, 4) is 0 Å². The van der Waals surface area contributed by atoms with E-state index in [1.165, 1.54) is 46.0 Å². The average molecular weight is 1010 g/mol. The Morgan fingerprint density at radius 1 is 0.781 bits per heavy atom. The number of esters is 1. The fraction of sp³-hybridized carbons (Fsp3) is 0.500. The first-order chi connectivity index (χ1) is 34.7. The van der Waals surface area contributed by atoms with Crippen LogP contribution < -0.4 is 21.3 Å². The van der Waals surface area contributed by atoms with Crippen LogP contribution >= 0.6 is 0 Å². The fourth-order valence-electron chi connectivity index (χ4n) is 9.24. The summed E-state index contributed by atoms with van der Waals surface area (Å²) in [4.78, 5) is 129. The second-order valence-corrected chi connectivity index (χ2v) is 19.8. The molecule has 19 heteroatoms. The molecule has 6 rings (SSSR count). The molecule has 2 saturated heterocycles. The molecule has 3 aromatic rings. The van der Waals surface area contributed by atoms with E-state index in [0.717, 1.165) is 15.4 Å². The number of alkyl carbamates (subject to hydrolysis) is 1. The Bertz CT molecular complexity index is 2500. The van der Waals surface area contributed by atoms with Crippen molar-refractivity contribution >= 4 is 53.2 Å². The third kappa shape index (κ3) is 14.8. The zero-order valence-corrected chi connectivity index (χ0v) is 42.1. The van der Waals surface area contributed by atoms with E-state index in [1.54, 1.807) is 74.5 Å². The number of carbonyl (C=O) groups is 9. The molecule has 1 saturated carbocycles. The number of carbonyl (C=O) groups excluding carboxylic acids is 9. The van der Waals surface area contributed by atoms with Crippen molar-refractivity contribution in [1.82, 2.24) is 31.1 Å². The molecule has 2 aliphatic heterocycles. The van der Waals surface area contributed by atoms with E-state index in [2.05, 4.69) is 21.3 Å². The van der Waals surface area contributed by atoms with Gasteiger partial charge in [-0.1, -0.05) is 86.6 Å². The number of likely N-dealkylation sites (N-methyl/N-ethyl adjacent to an activating group) is 1. The van der Waals surface area contributed by atoms with Gasteiger partial charge in [-0.15, -0.1) is 0 Å². The van der Waals surface area contributed by atoms with E-state index in [9.17, 15) is 47.9 Å². The summed E-state index contributed by atoms with van der Waals surface area (Å²) in [5.41, 5.74) is 1.67. The number of hydrogen-bond donors (Lipinski definition) is 5. The third-order valence-corrected chi connectivity index (χ3v) is 13.8. The number of nitrogens with zero attached hydrogens (tertiary/aromatic N) is 2. The molecule has 0 aromatic heterocycles. The molecule has 5 N–H and O–H groups in total. The maximum absolute atomic E-state index is 15.0. The van der Waals surface area contributed by atoms with Gasteiger partial charge in [0.25, 0.3) is 0 Å². The predicted octanol–water partition coefficient (Wildman–Crippen LogP) is 3.94. The molecule has 0 spiro atoms. The van der Waals surface area contributed by atoms with Crippen molar-refractivity contribution in [2.24, 2.45) is 23.7 Å². The minimum absolute atomic E-state index is 0. The Morgan fingerprint density at radius 3 is 2.04 bits per heavy atom. The largest absolute Gasteiger partial charge is 0.460 e. The van der Waals surface area contributed by atoms with Gasteiger partial charge in [-0.3, -0.25) is 33.6 Å². The lowest BCUT2D eigenvalue weighted by Crippen LogP contribution is -2.62. The maximum Gasteiger partial charge on any atom is 0.408 e. The van der Waals surface area contributed by atoms with E-state index in [1.807, 2.05) is 6.07 Å². The van der Waals surface area contributed by atoms with Gasteiger partial charge < -0.3 is 45.6 Å². The van der Waals surface area contributed by atoms with E-state index in [0.29, 0.717) is 24.0 Å². The lowest BCUT2D eigenvalue weighted by molar-refractivity contribution is -0.167. The number of Topliss-reactive ketones (excluding diaryl/α,β-unsaturated/α-hetero) is 2. The number of piperidine rings is 1. The molecule has 73 heavy (non-hydrogen) atoms. The van der Waals surface area contributed by atoms with Crippen LogP contribution in [-0.4, -0.2) is 124 Å². The highest BCUT2D eigenvalue weighted by molar-refractivity contribution is 5.98. The molecule has 3 aromatic carbocycles. The van der Waals surface area contributed by atoms with Gasteiger partial charge in [-0.05, 0) is 87.1 Å². The van der Waals surface area contributed by atoms with Crippen molar-refractivity contribution in [3.63, 3.8) is 0 Å². The molecule has 6 amide bonds. The predicted molar refractivity (Wildman–Crippen MR) is 265 cm³/mol. The Morgan fingerprint density at radius 2 is 1.41 bits per heavy atom. The number of ether oxygens (including phenoxy) is 2. The third-order valence-electron chi connectivity index (χ3n) is 13.8. The Balaban J connectivity index is 0.0000101. The highest BCUT2D eigenvalue weighted by Crippen LogP contribution is 2.36. The van der Waals surface area contributed by atoms with Crippen molar-refractivity contribution in [1.29, 1.82) is 0 Å². The van der Waals surface area contributed by atoms with Gasteiger partial charge in [0.15, 0.2) is 11.6 Å². The van der Waals surface area contributed by atoms with Crippen LogP contribution in [0, 0.1) is 29.5 Å².